The van der Waals surface area contributed by atoms with Crippen LogP contribution in [0, 0.1) is 0 Å². The molecule has 1 N–H and O–H groups in total. The summed E-state index contributed by atoms with van der Waals surface area (Å²) in [4.78, 5) is 38.7. The first-order chi connectivity index (χ1) is 21.7. The maximum absolute atomic E-state index is 14.9. The van der Waals surface area contributed by atoms with Gasteiger partial charge in [-0.3, -0.25) is 19.9 Å². The first-order valence-corrected chi connectivity index (χ1v) is 17.0. The fraction of sp³-hybridized carbons (Fsp3) is 0.406. The second kappa shape index (κ2) is 12.7. The molecule has 1 aromatic heterocycles. The van der Waals surface area contributed by atoms with Gasteiger partial charge in [-0.25, -0.2) is 22.7 Å². The molecule has 1 atom stereocenters. The van der Waals surface area contributed by atoms with Crippen molar-refractivity contribution in [3.05, 3.63) is 83.0 Å². The van der Waals surface area contributed by atoms with Gasteiger partial charge in [0.1, 0.15) is 0 Å². The van der Waals surface area contributed by atoms with Crippen LogP contribution in [0.15, 0.2) is 71.8 Å². The Morgan fingerprint density at radius 1 is 1.00 bits per heavy atom. The summed E-state index contributed by atoms with van der Waals surface area (Å²) in [7, 11) is -2.29. The van der Waals surface area contributed by atoms with Crippen LogP contribution in [0.1, 0.15) is 30.9 Å². The van der Waals surface area contributed by atoms with Gasteiger partial charge in [0.2, 0.25) is 5.88 Å². The molecule has 13 heteroatoms. The number of benzene rings is 2. The first-order valence-electron chi connectivity index (χ1n) is 15.2. The third-order valence-corrected chi connectivity index (χ3v) is 10.9. The zero-order valence-electron chi connectivity index (χ0n) is 25.4. The number of nitrogens with one attached hydrogen (secondary N) is 1. The van der Waals surface area contributed by atoms with Gasteiger partial charge in [-0.2, -0.15) is 0 Å². The van der Waals surface area contributed by atoms with Crippen LogP contribution in [0.5, 0.6) is 5.88 Å². The predicted octanol–water partition coefficient (Wildman–Crippen LogP) is 2.90. The highest BCUT2D eigenvalue weighted by atomic mass is 35.5. The molecule has 0 bridgehead atoms. The van der Waals surface area contributed by atoms with Crippen LogP contribution in [0.2, 0.25) is 5.02 Å². The van der Waals surface area contributed by atoms with Crippen molar-refractivity contribution in [1.29, 1.82) is 0 Å². The summed E-state index contributed by atoms with van der Waals surface area (Å²) in [5, 5.41) is 2.05. The summed E-state index contributed by atoms with van der Waals surface area (Å²) in [5.74, 6) is -1.61. The smallest absolute Gasteiger partial charge is 0.270 e. The number of carbonyl (C=O) groups is 2. The molecule has 2 aromatic carbocycles. The van der Waals surface area contributed by atoms with Crippen molar-refractivity contribution in [3.8, 4) is 5.88 Å². The van der Waals surface area contributed by atoms with Gasteiger partial charge in [-0.05, 0) is 76.3 Å². The predicted molar refractivity (Wildman–Crippen MR) is 171 cm³/mol. The minimum atomic E-state index is -4.43. The summed E-state index contributed by atoms with van der Waals surface area (Å²) < 4.78 is 34.8. The van der Waals surface area contributed by atoms with E-state index >= 15 is 0 Å². The van der Waals surface area contributed by atoms with Crippen LogP contribution in [0.3, 0.4) is 0 Å². The van der Waals surface area contributed by atoms with Gasteiger partial charge in [0, 0.05) is 54.6 Å². The van der Waals surface area contributed by atoms with Gasteiger partial charge in [-0.15, -0.1) is 0 Å². The highest BCUT2D eigenvalue weighted by Crippen LogP contribution is 2.51. The number of piperidine rings is 1. The molecular weight excluding hydrogens is 616 g/mol. The lowest BCUT2D eigenvalue weighted by Crippen LogP contribution is -2.61. The van der Waals surface area contributed by atoms with Crippen molar-refractivity contribution in [3.63, 3.8) is 0 Å². The van der Waals surface area contributed by atoms with Gasteiger partial charge < -0.3 is 9.64 Å². The summed E-state index contributed by atoms with van der Waals surface area (Å²) in [5.41, 5.74) is 1.14. The van der Waals surface area contributed by atoms with Gasteiger partial charge in [0.25, 0.3) is 21.8 Å². The Kier molecular flexibility index (Phi) is 8.86. The topological polar surface area (TPSA) is 115 Å². The van der Waals surface area contributed by atoms with Crippen LogP contribution in [-0.4, -0.2) is 99.0 Å². The molecule has 0 saturated carbocycles. The number of aromatic nitrogens is 1. The third kappa shape index (κ3) is 5.59. The normalized spacial score (nSPS) is 21.9. The van der Waals surface area contributed by atoms with Gasteiger partial charge in [0.05, 0.1) is 17.2 Å². The van der Waals surface area contributed by atoms with E-state index in [1.54, 1.807) is 42.3 Å². The van der Waals surface area contributed by atoms with E-state index in [0.717, 1.165) is 39.0 Å². The molecule has 2 amide bonds. The summed E-state index contributed by atoms with van der Waals surface area (Å²) in [6.07, 6.45) is 3.70. The second-order valence-corrected chi connectivity index (χ2v) is 13.8. The molecule has 2 saturated heterocycles. The van der Waals surface area contributed by atoms with Crippen LogP contribution < -0.4 is 14.5 Å². The second-order valence-electron chi connectivity index (χ2n) is 11.6. The Balaban J connectivity index is 1.41. The number of pyridine rings is 1. The lowest BCUT2D eigenvalue weighted by molar-refractivity contribution is -0.137. The summed E-state index contributed by atoms with van der Waals surface area (Å²) >= 11 is 6.48. The number of rotatable bonds is 8. The monoisotopic (exact) mass is 652 g/mol. The molecule has 0 aliphatic carbocycles. The molecule has 4 heterocycles. The Labute approximate surface area is 268 Å². The molecule has 6 rings (SSSR count). The minimum absolute atomic E-state index is 0.0433. The highest BCUT2D eigenvalue weighted by Gasteiger charge is 2.62. The number of ether oxygens (including phenoxy) is 1. The number of piperazine rings is 1. The van der Waals surface area contributed by atoms with Gasteiger partial charge in [-0.1, -0.05) is 35.9 Å². The number of carbonyl (C=O) groups excluding carboxylic acids is 2. The SMILES string of the molecule is CCOc1ncccc1C1(C(=O)NN2CCN(C3CCN(C)CC3)CC2)C(=O)N(S(=O)(=O)c2ccccc2)c2ccc(Cl)cc21. The number of halogens is 1. The Bertz CT molecular complexity index is 1680. The quantitative estimate of drug-likeness (QED) is 0.367. The van der Waals surface area contributed by atoms with Crippen LogP contribution >= 0.6 is 11.6 Å². The molecular formula is C32H37ClN6O5S. The lowest BCUT2D eigenvalue weighted by atomic mass is 9.75. The summed E-state index contributed by atoms with van der Waals surface area (Å²) in [6, 6.07) is 15.8. The maximum Gasteiger partial charge on any atom is 0.270 e. The Morgan fingerprint density at radius 3 is 2.40 bits per heavy atom. The van der Waals surface area contributed by atoms with E-state index < -0.39 is 27.3 Å². The highest BCUT2D eigenvalue weighted by molar-refractivity contribution is 7.93. The molecule has 3 aromatic rings. The number of nitrogens with zero attached hydrogens (tertiary/aromatic N) is 5. The molecule has 3 aliphatic rings. The average molecular weight is 653 g/mol. The fourth-order valence-electron chi connectivity index (χ4n) is 6.62. The van der Waals surface area contributed by atoms with Crippen molar-refractivity contribution in [2.45, 2.75) is 36.1 Å². The standard InChI is InChI=1S/C32H37ClN6O5S/c1-3-44-29-26(10-7-15-34-29)32(30(40)35-38-20-18-37(19-21-38)24-13-16-36(2)17-14-24)27-22-23(33)11-12-28(27)39(31(32)41)45(42,43)25-8-5-4-6-9-25/h4-12,15,22,24H,3,13-14,16-21H2,1-2H3,(H,35,40). The molecule has 238 valence electrons. The van der Waals surface area contributed by atoms with Crippen molar-refractivity contribution in [1.82, 2.24) is 25.2 Å². The van der Waals surface area contributed by atoms with Crippen molar-refractivity contribution >= 4 is 39.1 Å². The number of hydrogen-bond acceptors (Lipinski definition) is 9. The third-order valence-electron chi connectivity index (χ3n) is 8.94. The average Bonchev–Trinajstić information content (AvgIpc) is 3.31. The molecule has 0 radical (unpaired) electrons. The zero-order chi connectivity index (χ0) is 31.8. The number of fused-ring (bicyclic) bond motifs is 1. The summed E-state index contributed by atoms with van der Waals surface area (Å²) in [6.45, 7) is 6.69. The Hall–Kier alpha value is -3.55. The first kappa shape index (κ1) is 31.4. The Morgan fingerprint density at radius 2 is 1.71 bits per heavy atom. The van der Waals surface area contributed by atoms with Crippen molar-refractivity contribution < 1.29 is 22.7 Å². The molecule has 3 aliphatic heterocycles. The van der Waals surface area contributed by atoms with Gasteiger partial charge in [0.15, 0.2) is 5.41 Å². The number of anilines is 1. The number of hydrazine groups is 1. The maximum atomic E-state index is 14.9. The van der Waals surface area contributed by atoms with Crippen LogP contribution in [0.25, 0.3) is 0 Å². The number of likely N-dealkylation sites (tertiary alicyclic amines) is 1. The van der Waals surface area contributed by atoms with E-state index in [1.165, 1.54) is 36.5 Å². The molecule has 45 heavy (non-hydrogen) atoms. The van der Waals surface area contributed by atoms with Crippen molar-refractivity contribution in [2.24, 2.45) is 0 Å². The van der Waals surface area contributed by atoms with E-state index in [2.05, 4.69) is 27.3 Å². The van der Waals surface area contributed by atoms with Crippen LogP contribution in [-0.2, 0) is 25.0 Å². The molecule has 1 unspecified atom stereocenters. The minimum Gasteiger partial charge on any atom is -0.478 e. The zero-order valence-corrected chi connectivity index (χ0v) is 26.9. The van der Waals surface area contributed by atoms with Gasteiger partial charge >= 0.3 is 0 Å². The van der Waals surface area contributed by atoms with E-state index in [-0.39, 0.29) is 39.2 Å². The number of amides is 2. The van der Waals surface area contributed by atoms with E-state index in [1.807, 2.05) is 0 Å². The molecule has 11 nitrogen and oxygen atoms in total. The molecule has 0 spiro atoms. The van der Waals surface area contributed by atoms with E-state index in [0.29, 0.717) is 23.4 Å². The number of sulfonamides is 1. The van der Waals surface area contributed by atoms with Crippen molar-refractivity contribution in [2.75, 3.05) is 57.2 Å². The number of hydrogen-bond donors (Lipinski definition) is 1. The molecule has 2 fully saturated rings. The van der Waals surface area contributed by atoms with E-state index in [9.17, 15) is 18.0 Å². The largest absolute Gasteiger partial charge is 0.478 e. The fourth-order valence-corrected chi connectivity index (χ4v) is 8.27. The van der Waals surface area contributed by atoms with Crippen LogP contribution in [0.4, 0.5) is 5.69 Å². The lowest BCUT2D eigenvalue weighted by Gasteiger charge is -2.42. The van der Waals surface area contributed by atoms with E-state index in [4.69, 9.17) is 16.3 Å².